The molecule has 0 aromatic heterocycles. The predicted octanol–water partition coefficient (Wildman–Crippen LogP) is 1.57. The van der Waals surface area contributed by atoms with E-state index in [1.807, 2.05) is 7.05 Å². The summed E-state index contributed by atoms with van der Waals surface area (Å²) in [5.74, 6) is 1.78. The minimum Gasteiger partial charge on any atom is -0.319 e. The van der Waals surface area contributed by atoms with Crippen LogP contribution in [0.25, 0.3) is 0 Å². The molecule has 0 saturated heterocycles. The van der Waals surface area contributed by atoms with Gasteiger partial charge in [-0.3, -0.25) is 0 Å². The van der Waals surface area contributed by atoms with Crippen molar-refractivity contribution in [2.24, 2.45) is 11.8 Å². The van der Waals surface area contributed by atoms with Crippen LogP contribution in [0.2, 0.25) is 0 Å². The molecule has 0 bridgehead atoms. The maximum absolute atomic E-state index is 3.23. The Morgan fingerprint density at radius 1 is 1.46 bits per heavy atom. The van der Waals surface area contributed by atoms with Crippen LogP contribution in [0.15, 0.2) is 0 Å². The van der Waals surface area contributed by atoms with Gasteiger partial charge in [-0.2, -0.15) is 0 Å². The van der Waals surface area contributed by atoms with E-state index in [0.717, 1.165) is 18.4 Å². The average molecular weight is 184 g/mol. The molecule has 1 aliphatic rings. The summed E-state index contributed by atoms with van der Waals surface area (Å²) in [6, 6.07) is 0. The maximum Gasteiger partial charge on any atom is 0.00162 e. The Labute approximate surface area is 82.7 Å². The van der Waals surface area contributed by atoms with Crippen LogP contribution in [0, 0.1) is 11.8 Å². The van der Waals surface area contributed by atoms with Gasteiger partial charge in [0.05, 0.1) is 0 Å². The van der Waals surface area contributed by atoms with Crippen molar-refractivity contribution >= 4 is 0 Å². The van der Waals surface area contributed by atoms with Gasteiger partial charge >= 0.3 is 0 Å². The van der Waals surface area contributed by atoms with Crippen molar-refractivity contribution in [1.29, 1.82) is 0 Å². The maximum atomic E-state index is 3.23. The highest BCUT2D eigenvalue weighted by atomic mass is 15.1. The summed E-state index contributed by atoms with van der Waals surface area (Å²) in [5.41, 5.74) is 0. The molecule has 1 rings (SSSR count). The van der Waals surface area contributed by atoms with Gasteiger partial charge in [-0.1, -0.05) is 13.3 Å². The van der Waals surface area contributed by atoms with E-state index in [4.69, 9.17) is 0 Å². The molecule has 0 radical (unpaired) electrons. The Bertz CT molecular complexity index is 132. The molecule has 0 heterocycles. The molecular weight excluding hydrogens is 160 g/mol. The Balaban J connectivity index is 2.04. The first-order valence-electron chi connectivity index (χ1n) is 5.55. The fourth-order valence-corrected chi connectivity index (χ4v) is 2.14. The molecule has 0 amide bonds. The second-order valence-corrected chi connectivity index (χ2v) is 4.68. The fourth-order valence-electron chi connectivity index (χ4n) is 2.14. The zero-order chi connectivity index (χ0) is 9.68. The van der Waals surface area contributed by atoms with Gasteiger partial charge in [0.2, 0.25) is 0 Å². The molecular formula is C11H24N2. The number of hydrogen-bond donors (Lipinski definition) is 1. The molecule has 1 unspecified atom stereocenters. The van der Waals surface area contributed by atoms with Crippen LogP contribution >= 0.6 is 0 Å². The van der Waals surface area contributed by atoms with E-state index < -0.39 is 0 Å². The Morgan fingerprint density at radius 3 is 2.62 bits per heavy atom. The van der Waals surface area contributed by atoms with Crippen LogP contribution in [-0.4, -0.2) is 38.6 Å². The van der Waals surface area contributed by atoms with Crippen LogP contribution in [0.4, 0.5) is 0 Å². The second kappa shape index (κ2) is 5.61. The number of hydrogen-bond acceptors (Lipinski definition) is 2. The molecule has 2 nitrogen and oxygen atoms in total. The Morgan fingerprint density at radius 2 is 2.15 bits per heavy atom. The highest BCUT2D eigenvalue weighted by molar-refractivity contribution is 4.73. The van der Waals surface area contributed by atoms with Gasteiger partial charge < -0.3 is 10.2 Å². The quantitative estimate of drug-likeness (QED) is 0.674. The van der Waals surface area contributed by atoms with Crippen LogP contribution in [-0.2, 0) is 0 Å². The van der Waals surface area contributed by atoms with Gasteiger partial charge in [-0.05, 0) is 45.3 Å². The lowest BCUT2D eigenvalue weighted by Crippen LogP contribution is -2.34. The van der Waals surface area contributed by atoms with E-state index in [2.05, 4.69) is 24.2 Å². The zero-order valence-electron chi connectivity index (χ0n) is 9.34. The lowest BCUT2D eigenvalue weighted by atomic mass is 9.85. The lowest BCUT2D eigenvalue weighted by molar-refractivity contribution is 0.188. The predicted molar refractivity (Wildman–Crippen MR) is 57.9 cm³/mol. The average Bonchev–Trinajstić information content (AvgIpc) is 1.97. The Kier molecular flexibility index (Phi) is 4.74. The van der Waals surface area contributed by atoms with Crippen molar-refractivity contribution in [1.82, 2.24) is 10.2 Å². The van der Waals surface area contributed by atoms with E-state index in [-0.39, 0.29) is 0 Å². The van der Waals surface area contributed by atoms with Gasteiger partial charge in [0, 0.05) is 13.1 Å². The standard InChI is InChI=1S/C11H24N2/c1-10(7-12-2)8-13(3)9-11-5-4-6-11/h10-12H,4-9H2,1-3H3. The van der Waals surface area contributed by atoms with Crippen LogP contribution in [0.1, 0.15) is 26.2 Å². The van der Waals surface area contributed by atoms with E-state index >= 15 is 0 Å². The smallest absolute Gasteiger partial charge is 0.00162 e. The minimum atomic E-state index is 0.773. The monoisotopic (exact) mass is 184 g/mol. The van der Waals surface area contributed by atoms with Crippen LogP contribution < -0.4 is 5.32 Å². The second-order valence-electron chi connectivity index (χ2n) is 4.68. The van der Waals surface area contributed by atoms with E-state index in [9.17, 15) is 0 Å². The van der Waals surface area contributed by atoms with Gasteiger partial charge in [0.25, 0.3) is 0 Å². The van der Waals surface area contributed by atoms with Crippen molar-refractivity contribution in [2.45, 2.75) is 26.2 Å². The summed E-state index contributed by atoms with van der Waals surface area (Å²) in [6.45, 7) is 5.99. The number of nitrogens with zero attached hydrogens (tertiary/aromatic N) is 1. The van der Waals surface area contributed by atoms with Gasteiger partial charge in [0.15, 0.2) is 0 Å². The number of rotatable bonds is 6. The summed E-state index contributed by atoms with van der Waals surface area (Å²) < 4.78 is 0. The van der Waals surface area contributed by atoms with Crippen molar-refractivity contribution < 1.29 is 0 Å². The zero-order valence-corrected chi connectivity index (χ0v) is 9.34. The first-order chi connectivity index (χ1) is 6.22. The first kappa shape index (κ1) is 11.0. The normalized spacial score (nSPS) is 20.3. The topological polar surface area (TPSA) is 15.3 Å². The molecule has 1 N–H and O–H groups in total. The third-order valence-corrected chi connectivity index (χ3v) is 2.97. The van der Waals surface area contributed by atoms with Crippen molar-refractivity contribution in [3.63, 3.8) is 0 Å². The lowest BCUT2D eigenvalue weighted by Gasteiger charge is -2.31. The molecule has 0 aliphatic heterocycles. The summed E-state index contributed by atoms with van der Waals surface area (Å²) >= 11 is 0. The third kappa shape index (κ3) is 4.10. The van der Waals surface area contributed by atoms with Crippen molar-refractivity contribution in [3.8, 4) is 0 Å². The fraction of sp³-hybridized carbons (Fsp3) is 1.00. The van der Waals surface area contributed by atoms with E-state index in [1.165, 1.54) is 32.4 Å². The summed E-state index contributed by atoms with van der Waals surface area (Å²) in [7, 11) is 4.28. The number of nitrogens with one attached hydrogen (secondary N) is 1. The summed E-state index contributed by atoms with van der Waals surface area (Å²) in [5, 5.41) is 3.23. The molecule has 0 aromatic rings. The largest absolute Gasteiger partial charge is 0.319 e. The molecule has 0 aromatic carbocycles. The molecule has 2 heteroatoms. The molecule has 1 aliphatic carbocycles. The van der Waals surface area contributed by atoms with Crippen LogP contribution in [0.5, 0.6) is 0 Å². The molecule has 1 fully saturated rings. The summed E-state index contributed by atoms with van der Waals surface area (Å²) in [6.07, 6.45) is 4.39. The SMILES string of the molecule is CNCC(C)CN(C)CC1CCC1. The van der Waals surface area contributed by atoms with Gasteiger partial charge in [0.1, 0.15) is 0 Å². The molecule has 1 saturated carbocycles. The molecule has 0 spiro atoms. The molecule has 13 heavy (non-hydrogen) atoms. The van der Waals surface area contributed by atoms with Crippen molar-refractivity contribution in [3.05, 3.63) is 0 Å². The molecule has 1 atom stereocenters. The Hall–Kier alpha value is -0.0800. The first-order valence-corrected chi connectivity index (χ1v) is 5.55. The summed E-state index contributed by atoms with van der Waals surface area (Å²) in [4.78, 5) is 2.49. The van der Waals surface area contributed by atoms with E-state index in [1.54, 1.807) is 0 Å². The third-order valence-electron chi connectivity index (χ3n) is 2.97. The molecule has 78 valence electrons. The van der Waals surface area contributed by atoms with Gasteiger partial charge in [-0.15, -0.1) is 0 Å². The van der Waals surface area contributed by atoms with Crippen molar-refractivity contribution in [2.75, 3.05) is 33.7 Å². The highest BCUT2D eigenvalue weighted by Crippen LogP contribution is 2.26. The highest BCUT2D eigenvalue weighted by Gasteiger charge is 2.19. The minimum absolute atomic E-state index is 0.773. The van der Waals surface area contributed by atoms with E-state index in [0.29, 0.717) is 0 Å². The van der Waals surface area contributed by atoms with Crippen LogP contribution in [0.3, 0.4) is 0 Å². The van der Waals surface area contributed by atoms with Gasteiger partial charge in [-0.25, -0.2) is 0 Å².